The highest BCUT2D eigenvalue weighted by molar-refractivity contribution is 5.38. The van der Waals surface area contributed by atoms with Gasteiger partial charge in [0.25, 0.3) is 0 Å². The summed E-state index contributed by atoms with van der Waals surface area (Å²) in [5.74, 6) is 2.33. The summed E-state index contributed by atoms with van der Waals surface area (Å²) >= 11 is 0. The molecule has 3 heterocycles. The molecule has 0 aromatic carbocycles. The molecular weight excluding hydrogens is 282 g/mol. The first kappa shape index (κ1) is 14.8. The Hall–Kier alpha value is -2.15. The molecule has 1 aliphatic heterocycles. The van der Waals surface area contributed by atoms with Gasteiger partial charge in [0.2, 0.25) is 5.88 Å². The monoisotopic (exact) mass is 303 g/mol. The summed E-state index contributed by atoms with van der Waals surface area (Å²) in [4.78, 5) is 10.6. The minimum Gasteiger partial charge on any atom is -0.481 e. The Morgan fingerprint density at radius 3 is 2.82 bits per heavy atom. The number of nitrogens with zero attached hydrogens (tertiary/aromatic N) is 4. The van der Waals surface area contributed by atoms with Gasteiger partial charge in [0.15, 0.2) is 5.76 Å². The molecule has 0 aliphatic carbocycles. The maximum Gasteiger partial charge on any atom is 0.218 e. The van der Waals surface area contributed by atoms with Gasteiger partial charge >= 0.3 is 0 Å². The van der Waals surface area contributed by atoms with E-state index in [4.69, 9.17) is 9.26 Å². The molecule has 1 saturated heterocycles. The fourth-order valence-electron chi connectivity index (χ4n) is 2.69. The Labute approximate surface area is 129 Å². The molecule has 7 heteroatoms. The summed E-state index contributed by atoms with van der Waals surface area (Å²) in [5.41, 5.74) is 0.935. The van der Waals surface area contributed by atoms with Crippen molar-refractivity contribution in [2.75, 3.05) is 25.5 Å². The van der Waals surface area contributed by atoms with Crippen molar-refractivity contribution >= 4 is 5.82 Å². The molecule has 3 rings (SSSR count). The van der Waals surface area contributed by atoms with Crippen molar-refractivity contribution in [2.24, 2.45) is 0 Å². The number of hydrogen-bond acceptors (Lipinski definition) is 7. The fraction of sp³-hybridized carbons (Fsp3) is 0.533. The van der Waals surface area contributed by atoms with Crippen molar-refractivity contribution in [1.29, 1.82) is 0 Å². The molecule has 0 radical (unpaired) electrons. The van der Waals surface area contributed by atoms with Crippen LogP contribution in [-0.4, -0.2) is 46.3 Å². The second-order valence-electron chi connectivity index (χ2n) is 5.57. The molecule has 1 aliphatic rings. The fourth-order valence-corrected chi connectivity index (χ4v) is 2.69. The minimum atomic E-state index is 0.423. The summed E-state index contributed by atoms with van der Waals surface area (Å²) < 4.78 is 10.4. The number of ether oxygens (including phenoxy) is 1. The predicted molar refractivity (Wildman–Crippen MR) is 81.7 cm³/mol. The van der Waals surface area contributed by atoms with Crippen molar-refractivity contribution in [3.05, 3.63) is 29.9 Å². The van der Waals surface area contributed by atoms with Crippen LogP contribution in [0.3, 0.4) is 0 Å². The lowest BCUT2D eigenvalue weighted by Gasteiger charge is -2.31. The van der Waals surface area contributed by atoms with Crippen molar-refractivity contribution in [3.8, 4) is 5.88 Å². The standard InChI is InChI=1S/C15H21N5O2/c1-11-7-13(22-19-11)9-20-5-3-12(4-6-20)18-14-8-15(21-2)17-10-16-14/h7-8,10,12H,3-6,9H2,1-2H3,(H,16,17,18). The van der Waals surface area contributed by atoms with Gasteiger partial charge in [-0.2, -0.15) is 0 Å². The zero-order chi connectivity index (χ0) is 15.4. The number of rotatable bonds is 5. The van der Waals surface area contributed by atoms with E-state index in [0.29, 0.717) is 11.9 Å². The Morgan fingerprint density at radius 1 is 1.32 bits per heavy atom. The third kappa shape index (κ3) is 3.73. The average molecular weight is 303 g/mol. The molecule has 1 fully saturated rings. The number of methoxy groups -OCH3 is 1. The lowest BCUT2D eigenvalue weighted by Crippen LogP contribution is -2.38. The summed E-state index contributed by atoms with van der Waals surface area (Å²) in [6.45, 7) is 4.83. The molecule has 0 unspecified atom stereocenters. The minimum absolute atomic E-state index is 0.423. The Kier molecular flexibility index (Phi) is 4.53. The van der Waals surface area contributed by atoms with Crippen LogP contribution in [0.4, 0.5) is 5.82 Å². The second kappa shape index (κ2) is 6.74. The summed E-state index contributed by atoms with van der Waals surface area (Å²) in [5, 5.41) is 7.38. The van der Waals surface area contributed by atoms with E-state index in [0.717, 1.165) is 49.7 Å². The molecule has 0 atom stereocenters. The van der Waals surface area contributed by atoms with Gasteiger partial charge in [-0.05, 0) is 19.8 Å². The van der Waals surface area contributed by atoms with E-state index < -0.39 is 0 Å². The third-order valence-electron chi connectivity index (χ3n) is 3.85. The number of aromatic nitrogens is 3. The topological polar surface area (TPSA) is 76.3 Å². The Morgan fingerprint density at radius 2 is 2.14 bits per heavy atom. The van der Waals surface area contributed by atoms with Gasteiger partial charge in [-0.1, -0.05) is 5.16 Å². The van der Waals surface area contributed by atoms with Gasteiger partial charge in [0.05, 0.1) is 19.3 Å². The third-order valence-corrected chi connectivity index (χ3v) is 3.85. The second-order valence-corrected chi connectivity index (χ2v) is 5.57. The van der Waals surface area contributed by atoms with Crippen LogP contribution in [-0.2, 0) is 6.54 Å². The van der Waals surface area contributed by atoms with Crippen LogP contribution in [0.1, 0.15) is 24.3 Å². The van der Waals surface area contributed by atoms with E-state index in [9.17, 15) is 0 Å². The molecule has 1 N–H and O–H groups in total. The van der Waals surface area contributed by atoms with Crippen LogP contribution in [0.15, 0.2) is 23.0 Å². The maximum absolute atomic E-state index is 5.28. The molecule has 0 spiro atoms. The van der Waals surface area contributed by atoms with Crippen LogP contribution in [0.25, 0.3) is 0 Å². The number of piperidine rings is 1. The molecule has 0 bridgehead atoms. The SMILES string of the molecule is COc1cc(NC2CCN(Cc3cc(C)no3)CC2)ncn1. The summed E-state index contributed by atoms with van der Waals surface area (Å²) in [7, 11) is 1.61. The van der Waals surface area contributed by atoms with E-state index in [1.807, 2.05) is 19.1 Å². The van der Waals surface area contributed by atoms with Crippen LogP contribution < -0.4 is 10.1 Å². The predicted octanol–water partition coefficient (Wildman–Crippen LogP) is 1.86. The van der Waals surface area contributed by atoms with Crippen LogP contribution >= 0.6 is 0 Å². The summed E-state index contributed by atoms with van der Waals surface area (Å²) in [6, 6.07) is 4.24. The number of anilines is 1. The Balaban J connectivity index is 1.49. The largest absolute Gasteiger partial charge is 0.481 e. The van der Waals surface area contributed by atoms with Gasteiger partial charge in [-0.3, -0.25) is 4.90 Å². The molecule has 22 heavy (non-hydrogen) atoms. The maximum atomic E-state index is 5.28. The smallest absolute Gasteiger partial charge is 0.218 e. The van der Waals surface area contributed by atoms with E-state index in [1.165, 1.54) is 6.33 Å². The van der Waals surface area contributed by atoms with Crippen molar-refractivity contribution < 1.29 is 9.26 Å². The molecule has 0 amide bonds. The zero-order valence-electron chi connectivity index (χ0n) is 13.0. The van der Waals surface area contributed by atoms with E-state index in [2.05, 4.69) is 25.3 Å². The molecule has 118 valence electrons. The highest BCUT2D eigenvalue weighted by Crippen LogP contribution is 2.18. The first-order chi connectivity index (χ1) is 10.7. The highest BCUT2D eigenvalue weighted by atomic mass is 16.5. The van der Waals surface area contributed by atoms with Crippen LogP contribution in [0.2, 0.25) is 0 Å². The van der Waals surface area contributed by atoms with Crippen LogP contribution in [0, 0.1) is 6.92 Å². The first-order valence-electron chi connectivity index (χ1n) is 7.50. The van der Waals surface area contributed by atoms with Gasteiger partial charge in [0.1, 0.15) is 12.1 Å². The number of hydrogen-bond donors (Lipinski definition) is 1. The van der Waals surface area contributed by atoms with Gasteiger partial charge in [-0.15, -0.1) is 0 Å². The average Bonchev–Trinajstić information content (AvgIpc) is 2.94. The Bertz CT molecular complexity index is 607. The van der Waals surface area contributed by atoms with E-state index >= 15 is 0 Å². The molecule has 0 saturated carbocycles. The van der Waals surface area contributed by atoms with Crippen LogP contribution in [0.5, 0.6) is 5.88 Å². The number of nitrogens with one attached hydrogen (secondary N) is 1. The molecule has 2 aromatic heterocycles. The quantitative estimate of drug-likeness (QED) is 0.903. The normalized spacial score (nSPS) is 16.6. The van der Waals surface area contributed by atoms with Crippen molar-refractivity contribution in [2.45, 2.75) is 32.4 Å². The number of aryl methyl sites for hydroxylation is 1. The van der Waals surface area contributed by atoms with Crippen molar-refractivity contribution in [3.63, 3.8) is 0 Å². The molecule has 2 aromatic rings. The summed E-state index contributed by atoms with van der Waals surface area (Å²) in [6.07, 6.45) is 3.65. The first-order valence-corrected chi connectivity index (χ1v) is 7.50. The zero-order valence-corrected chi connectivity index (χ0v) is 13.0. The van der Waals surface area contributed by atoms with E-state index in [1.54, 1.807) is 7.11 Å². The molecule has 7 nitrogen and oxygen atoms in total. The lowest BCUT2D eigenvalue weighted by atomic mass is 10.0. The van der Waals surface area contributed by atoms with Gasteiger partial charge in [-0.25, -0.2) is 9.97 Å². The highest BCUT2D eigenvalue weighted by Gasteiger charge is 2.20. The van der Waals surface area contributed by atoms with E-state index in [-0.39, 0.29) is 0 Å². The van der Waals surface area contributed by atoms with Crippen molar-refractivity contribution in [1.82, 2.24) is 20.0 Å². The molecular formula is C15H21N5O2. The van der Waals surface area contributed by atoms with Gasteiger partial charge < -0.3 is 14.6 Å². The number of likely N-dealkylation sites (tertiary alicyclic amines) is 1. The van der Waals surface area contributed by atoms with Gasteiger partial charge in [0, 0.05) is 31.3 Å². The lowest BCUT2D eigenvalue weighted by molar-refractivity contribution is 0.189.